The summed E-state index contributed by atoms with van der Waals surface area (Å²) in [6.45, 7) is 2.24. The zero-order valence-electron chi connectivity index (χ0n) is 13.4. The van der Waals surface area contributed by atoms with Crippen molar-refractivity contribution in [2.45, 2.75) is 12.8 Å². The van der Waals surface area contributed by atoms with E-state index in [0.717, 1.165) is 24.9 Å². The molecule has 1 aromatic carbocycles. The maximum absolute atomic E-state index is 12.0. The minimum atomic E-state index is -0.527. The van der Waals surface area contributed by atoms with Crippen molar-refractivity contribution in [3.63, 3.8) is 0 Å². The Morgan fingerprint density at radius 1 is 1.33 bits per heavy atom. The van der Waals surface area contributed by atoms with Crippen LogP contribution in [0.25, 0.3) is 16.8 Å². The van der Waals surface area contributed by atoms with Crippen molar-refractivity contribution in [3.05, 3.63) is 56.9 Å². The molecule has 1 aliphatic heterocycles. The summed E-state index contributed by atoms with van der Waals surface area (Å²) >= 11 is 0. The molecule has 0 aliphatic carbocycles. The molecule has 1 aliphatic rings. The number of nitrogens with zero attached hydrogens (tertiary/aromatic N) is 3. The maximum Gasteiger partial charge on any atom is 0.334 e. The average molecular weight is 326 g/mol. The molecule has 3 heterocycles. The smallest absolute Gasteiger partial charge is 0.334 e. The van der Waals surface area contributed by atoms with Crippen LogP contribution in [0.5, 0.6) is 0 Å². The van der Waals surface area contributed by atoms with Crippen molar-refractivity contribution in [1.29, 1.82) is 0 Å². The molecule has 0 amide bonds. The first-order valence-electron chi connectivity index (χ1n) is 7.99. The number of hydrogen-bond donors (Lipinski definition) is 1. The second-order valence-electron chi connectivity index (χ2n) is 6.44. The van der Waals surface area contributed by atoms with Gasteiger partial charge in [0.1, 0.15) is 0 Å². The second kappa shape index (κ2) is 5.76. The summed E-state index contributed by atoms with van der Waals surface area (Å²) in [4.78, 5) is 27.8. The molecule has 7 heteroatoms. The van der Waals surface area contributed by atoms with Crippen LogP contribution in [0.2, 0.25) is 0 Å². The fourth-order valence-corrected chi connectivity index (χ4v) is 3.38. The Bertz CT molecular complexity index is 1000. The van der Waals surface area contributed by atoms with Crippen molar-refractivity contribution < 1.29 is 4.52 Å². The van der Waals surface area contributed by atoms with Gasteiger partial charge < -0.3 is 9.42 Å². The van der Waals surface area contributed by atoms with E-state index < -0.39 is 11.2 Å². The minimum Gasteiger partial charge on any atom is -0.354 e. The van der Waals surface area contributed by atoms with Gasteiger partial charge in [0, 0.05) is 18.8 Å². The molecular formula is C17H18N4O3. The van der Waals surface area contributed by atoms with Crippen LogP contribution in [0.15, 0.2) is 44.6 Å². The van der Waals surface area contributed by atoms with Crippen LogP contribution < -0.4 is 11.2 Å². The predicted octanol–water partition coefficient (Wildman–Crippen LogP) is 1.16. The van der Waals surface area contributed by atoms with Crippen LogP contribution >= 0.6 is 0 Å². The molecule has 7 nitrogen and oxygen atoms in total. The number of aromatic nitrogens is 3. The van der Waals surface area contributed by atoms with Crippen LogP contribution in [-0.4, -0.2) is 39.7 Å². The quantitative estimate of drug-likeness (QED) is 0.781. The third kappa shape index (κ3) is 2.67. The zero-order valence-corrected chi connectivity index (χ0v) is 13.4. The Balaban J connectivity index is 1.73. The van der Waals surface area contributed by atoms with Gasteiger partial charge in [-0.05, 0) is 50.0 Å². The van der Waals surface area contributed by atoms with Crippen molar-refractivity contribution >= 4 is 11.0 Å². The Labute approximate surface area is 137 Å². The molecule has 1 N–H and O–H groups in total. The lowest BCUT2D eigenvalue weighted by Crippen LogP contribution is -2.27. The molecule has 1 atom stereocenters. The summed E-state index contributed by atoms with van der Waals surface area (Å²) in [7, 11) is 2.14. The first-order valence-corrected chi connectivity index (χ1v) is 7.99. The fraction of sp³-hybridized carbons (Fsp3) is 0.353. The SMILES string of the molecule is CN1CCC(Cc2ccc3onc(-n4ccc(=O)[nH]c4=O)c3c2)C1. The van der Waals surface area contributed by atoms with E-state index in [-0.39, 0.29) is 0 Å². The summed E-state index contributed by atoms with van der Waals surface area (Å²) in [6.07, 6.45) is 3.60. The molecule has 2 aromatic heterocycles. The van der Waals surface area contributed by atoms with Crippen LogP contribution in [-0.2, 0) is 6.42 Å². The van der Waals surface area contributed by atoms with E-state index in [2.05, 4.69) is 22.1 Å². The Morgan fingerprint density at radius 3 is 2.96 bits per heavy atom. The average Bonchev–Trinajstić information content (AvgIpc) is 3.14. The molecule has 0 radical (unpaired) electrons. The van der Waals surface area contributed by atoms with Gasteiger partial charge in [0.2, 0.25) is 0 Å². The number of fused-ring (bicyclic) bond motifs is 1. The third-order valence-corrected chi connectivity index (χ3v) is 4.58. The van der Waals surface area contributed by atoms with Gasteiger partial charge in [-0.15, -0.1) is 0 Å². The van der Waals surface area contributed by atoms with Crippen molar-refractivity contribution in [2.75, 3.05) is 20.1 Å². The lowest BCUT2D eigenvalue weighted by Gasteiger charge is -2.10. The number of likely N-dealkylation sites (tertiary alicyclic amines) is 1. The Hall–Kier alpha value is -2.67. The molecule has 1 unspecified atom stereocenters. The lowest BCUT2D eigenvalue weighted by molar-refractivity contribution is 0.394. The molecule has 24 heavy (non-hydrogen) atoms. The number of rotatable bonds is 3. The molecule has 124 valence electrons. The second-order valence-corrected chi connectivity index (χ2v) is 6.44. The Morgan fingerprint density at radius 2 is 2.21 bits per heavy atom. The van der Waals surface area contributed by atoms with Gasteiger partial charge in [0.05, 0.1) is 5.39 Å². The fourth-order valence-electron chi connectivity index (χ4n) is 3.38. The summed E-state index contributed by atoms with van der Waals surface area (Å²) in [6, 6.07) is 7.25. The monoisotopic (exact) mass is 326 g/mol. The van der Waals surface area contributed by atoms with E-state index >= 15 is 0 Å². The predicted molar refractivity (Wildman–Crippen MR) is 89.5 cm³/mol. The molecule has 4 rings (SSSR count). The first kappa shape index (κ1) is 14.9. The van der Waals surface area contributed by atoms with Crippen LogP contribution in [0.1, 0.15) is 12.0 Å². The number of benzene rings is 1. The van der Waals surface area contributed by atoms with Gasteiger partial charge in [-0.1, -0.05) is 11.2 Å². The largest absolute Gasteiger partial charge is 0.354 e. The highest BCUT2D eigenvalue weighted by molar-refractivity contribution is 5.84. The highest BCUT2D eigenvalue weighted by Gasteiger charge is 2.20. The van der Waals surface area contributed by atoms with E-state index in [1.807, 2.05) is 18.2 Å². The van der Waals surface area contributed by atoms with Crippen molar-refractivity contribution in [2.24, 2.45) is 5.92 Å². The van der Waals surface area contributed by atoms with Gasteiger partial charge in [0.15, 0.2) is 11.4 Å². The third-order valence-electron chi connectivity index (χ3n) is 4.58. The van der Waals surface area contributed by atoms with E-state index in [1.54, 1.807) is 0 Å². The standard InChI is InChI=1S/C17H18N4O3/c1-20-6-4-12(10-20)8-11-2-3-14-13(9-11)16(19-24-14)21-7-5-15(22)18-17(21)23/h2-3,5,7,9,12H,4,6,8,10H2,1H3,(H,18,22,23). The van der Waals surface area contributed by atoms with E-state index in [1.165, 1.54) is 28.8 Å². The van der Waals surface area contributed by atoms with Gasteiger partial charge in [0.25, 0.3) is 5.56 Å². The summed E-state index contributed by atoms with van der Waals surface area (Å²) < 4.78 is 6.61. The van der Waals surface area contributed by atoms with E-state index in [4.69, 9.17) is 4.52 Å². The topological polar surface area (TPSA) is 84.1 Å². The summed E-state index contributed by atoms with van der Waals surface area (Å²) in [5, 5.41) is 4.77. The molecule has 0 saturated carbocycles. The van der Waals surface area contributed by atoms with E-state index in [0.29, 0.717) is 17.3 Å². The van der Waals surface area contributed by atoms with Gasteiger partial charge in [-0.2, -0.15) is 0 Å². The molecular weight excluding hydrogens is 308 g/mol. The number of aromatic amines is 1. The number of H-pyrrole nitrogens is 1. The maximum atomic E-state index is 12.0. The van der Waals surface area contributed by atoms with Crippen LogP contribution in [0.4, 0.5) is 0 Å². The number of hydrogen-bond acceptors (Lipinski definition) is 5. The van der Waals surface area contributed by atoms with Gasteiger partial charge in [-0.25, -0.2) is 9.36 Å². The zero-order chi connectivity index (χ0) is 16.7. The van der Waals surface area contributed by atoms with E-state index in [9.17, 15) is 9.59 Å². The minimum absolute atomic E-state index is 0.400. The summed E-state index contributed by atoms with van der Waals surface area (Å²) in [5.74, 6) is 1.04. The molecule has 1 fully saturated rings. The molecule has 3 aromatic rings. The highest BCUT2D eigenvalue weighted by atomic mass is 16.5. The lowest BCUT2D eigenvalue weighted by atomic mass is 9.98. The molecule has 0 bridgehead atoms. The van der Waals surface area contributed by atoms with Crippen LogP contribution in [0.3, 0.4) is 0 Å². The molecule has 1 saturated heterocycles. The van der Waals surface area contributed by atoms with Crippen molar-refractivity contribution in [1.82, 2.24) is 19.6 Å². The van der Waals surface area contributed by atoms with Crippen LogP contribution in [0, 0.1) is 5.92 Å². The Kier molecular flexibility index (Phi) is 3.57. The van der Waals surface area contributed by atoms with Crippen molar-refractivity contribution in [3.8, 4) is 5.82 Å². The highest BCUT2D eigenvalue weighted by Crippen LogP contribution is 2.25. The summed E-state index contributed by atoms with van der Waals surface area (Å²) in [5.41, 5.74) is 0.857. The van der Waals surface area contributed by atoms with Gasteiger partial charge >= 0.3 is 5.69 Å². The number of nitrogens with one attached hydrogen (secondary N) is 1. The first-order chi connectivity index (χ1) is 11.6. The van der Waals surface area contributed by atoms with Gasteiger partial charge in [-0.3, -0.25) is 9.78 Å². The molecule has 0 spiro atoms. The normalized spacial score (nSPS) is 18.5.